The number of hydrogen-bond donors (Lipinski definition) is 2. The number of nitrogens with zero attached hydrogens (tertiary/aromatic N) is 2. The van der Waals surface area contributed by atoms with Gasteiger partial charge >= 0.3 is 11.8 Å². The molecule has 0 unspecified atom stereocenters. The van der Waals surface area contributed by atoms with E-state index in [0.29, 0.717) is 26.2 Å². The van der Waals surface area contributed by atoms with Crippen molar-refractivity contribution in [3.8, 4) is 0 Å². The van der Waals surface area contributed by atoms with Crippen molar-refractivity contribution in [2.45, 2.75) is 13.5 Å². The van der Waals surface area contributed by atoms with Crippen molar-refractivity contribution in [1.82, 2.24) is 15.2 Å². The van der Waals surface area contributed by atoms with Crippen LogP contribution in [0.4, 0.5) is 0 Å². The van der Waals surface area contributed by atoms with Gasteiger partial charge in [0, 0.05) is 25.8 Å². The van der Waals surface area contributed by atoms with Gasteiger partial charge in [-0.25, -0.2) is 0 Å². The standard InChI is InChI=1S/C12H18N4O2/c1-2-16(9-10-5-3-4-7-14-10)12(18)11(17)15-8-6-13/h3-5,7H,2,6,8-9,13H2,1H3,(H,15,17). The van der Waals surface area contributed by atoms with Crippen molar-refractivity contribution in [3.05, 3.63) is 30.1 Å². The van der Waals surface area contributed by atoms with Gasteiger partial charge in [0.25, 0.3) is 0 Å². The lowest BCUT2D eigenvalue weighted by molar-refractivity contribution is -0.146. The molecule has 98 valence electrons. The average molecular weight is 250 g/mol. The van der Waals surface area contributed by atoms with Gasteiger partial charge in [-0.2, -0.15) is 0 Å². The predicted molar refractivity (Wildman–Crippen MR) is 67.4 cm³/mol. The molecule has 0 fully saturated rings. The van der Waals surface area contributed by atoms with Crippen molar-refractivity contribution < 1.29 is 9.59 Å². The molecular weight excluding hydrogens is 232 g/mol. The van der Waals surface area contributed by atoms with Crippen molar-refractivity contribution in [2.75, 3.05) is 19.6 Å². The Morgan fingerprint density at radius 2 is 2.22 bits per heavy atom. The highest BCUT2D eigenvalue weighted by molar-refractivity contribution is 6.34. The van der Waals surface area contributed by atoms with Crippen LogP contribution >= 0.6 is 0 Å². The molecule has 1 aromatic rings. The second kappa shape index (κ2) is 7.39. The molecule has 0 aliphatic carbocycles. The van der Waals surface area contributed by atoms with E-state index in [-0.39, 0.29) is 0 Å². The van der Waals surface area contributed by atoms with Crippen molar-refractivity contribution in [3.63, 3.8) is 0 Å². The fourth-order valence-electron chi connectivity index (χ4n) is 1.42. The van der Waals surface area contributed by atoms with Gasteiger partial charge in [-0.05, 0) is 19.1 Å². The Kier molecular flexibility index (Phi) is 5.79. The number of aromatic nitrogens is 1. The third kappa shape index (κ3) is 4.14. The summed E-state index contributed by atoms with van der Waals surface area (Å²) in [5, 5.41) is 2.46. The Hall–Kier alpha value is -1.95. The van der Waals surface area contributed by atoms with Crippen LogP contribution in [-0.2, 0) is 16.1 Å². The fraction of sp³-hybridized carbons (Fsp3) is 0.417. The molecular formula is C12H18N4O2. The van der Waals surface area contributed by atoms with Gasteiger partial charge in [-0.15, -0.1) is 0 Å². The third-order valence-electron chi connectivity index (χ3n) is 2.37. The largest absolute Gasteiger partial charge is 0.347 e. The first-order valence-electron chi connectivity index (χ1n) is 5.86. The number of carbonyl (C=O) groups excluding carboxylic acids is 2. The van der Waals surface area contributed by atoms with Crippen molar-refractivity contribution >= 4 is 11.8 Å². The summed E-state index contributed by atoms with van der Waals surface area (Å²) < 4.78 is 0. The summed E-state index contributed by atoms with van der Waals surface area (Å²) in [5.41, 5.74) is 6.01. The third-order valence-corrected chi connectivity index (χ3v) is 2.37. The molecule has 0 aliphatic rings. The lowest BCUT2D eigenvalue weighted by Gasteiger charge is -2.19. The molecule has 1 rings (SSSR count). The summed E-state index contributed by atoms with van der Waals surface area (Å²) >= 11 is 0. The van der Waals surface area contributed by atoms with E-state index in [1.807, 2.05) is 19.1 Å². The number of pyridine rings is 1. The van der Waals surface area contributed by atoms with Crippen LogP contribution in [0.5, 0.6) is 0 Å². The Morgan fingerprint density at radius 3 is 2.78 bits per heavy atom. The number of amides is 2. The zero-order valence-electron chi connectivity index (χ0n) is 10.4. The average Bonchev–Trinajstić information content (AvgIpc) is 2.42. The first kappa shape index (κ1) is 14.1. The summed E-state index contributed by atoms with van der Waals surface area (Å²) in [5.74, 6) is -1.19. The molecule has 0 bridgehead atoms. The Morgan fingerprint density at radius 1 is 1.44 bits per heavy atom. The van der Waals surface area contributed by atoms with E-state index in [1.54, 1.807) is 12.3 Å². The molecule has 2 amide bonds. The molecule has 6 heteroatoms. The van der Waals surface area contributed by atoms with Crippen LogP contribution in [0.15, 0.2) is 24.4 Å². The molecule has 0 aromatic carbocycles. The molecule has 0 saturated heterocycles. The van der Waals surface area contributed by atoms with E-state index in [0.717, 1.165) is 5.69 Å². The van der Waals surface area contributed by atoms with Gasteiger partial charge in [-0.3, -0.25) is 14.6 Å². The van der Waals surface area contributed by atoms with E-state index in [2.05, 4.69) is 10.3 Å². The number of carbonyl (C=O) groups is 2. The summed E-state index contributed by atoms with van der Waals surface area (Å²) in [7, 11) is 0. The lowest BCUT2D eigenvalue weighted by atomic mass is 10.3. The minimum atomic E-state index is -0.627. The topological polar surface area (TPSA) is 88.3 Å². The lowest BCUT2D eigenvalue weighted by Crippen LogP contribution is -2.44. The highest BCUT2D eigenvalue weighted by Gasteiger charge is 2.20. The van der Waals surface area contributed by atoms with E-state index >= 15 is 0 Å². The maximum absolute atomic E-state index is 11.8. The maximum atomic E-state index is 11.8. The number of nitrogens with one attached hydrogen (secondary N) is 1. The van der Waals surface area contributed by atoms with Crippen LogP contribution in [0.1, 0.15) is 12.6 Å². The quantitative estimate of drug-likeness (QED) is 0.690. The zero-order valence-corrected chi connectivity index (χ0v) is 10.4. The van der Waals surface area contributed by atoms with E-state index in [1.165, 1.54) is 4.90 Å². The fourth-order valence-corrected chi connectivity index (χ4v) is 1.42. The summed E-state index contributed by atoms with van der Waals surface area (Å²) in [4.78, 5) is 28.9. The van der Waals surface area contributed by atoms with Crippen LogP contribution in [0.25, 0.3) is 0 Å². The first-order valence-corrected chi connectivity index (χ1v) is 5.86. The summed E-state index contributed by atoms with van der Waals surface area (Å²) in [6.07, 6.45) is 1.65. The maximum Gasteiger partial charge on any atom is 0.312 e. The molecule has 18 heavy (non-hydrogen) atoms. The highest BCUT2D eigenvalue weighted by atomic mass is 16.2. The van der Waals surface area contributed by atoms with E-state index < -0.39 is 11.8 Å². The monoisotopic (exact) mass is 250 g/mol. The van der Waals surface area contributed by atoms with Crippen molar-refractivity contribution in [1.29, 1.82) is 0 Å². The second-order valence-corrected chi connectivity index (χ2v) is 3.68. The summed E-state index contributed by atoms with van der Waals surface area (Å²) in [6.45, 7) is 3.20. The number of rotatable bonds is 5. The van der Waals surface area contributed by atoms with Gasteiger partial charge < -0.3 is 16.0 Å². The van der Waals surface area contributed by atoms with Gasteiger partial charge in [-0.1, -0.05) is 6.07 Å². The Balaban J connectivity index is 2.60. The highest BCUT2D eigenvalue weighted by Crippen LogP contribution is 2.01. The van der Waals surface area contributed by atoms with Crippen LogP contribution in [-0.4, -0.2) is 41.3 Å². The summed E-state index contributed by atoms with van der Waals surface area (Å²) in [6, 6.07) is 5.46. The van der Waals surface area contributed by atoms with Gasteiger partial charge in [0.1, 0.15) is 0 Å². The zero-order chi connectivity index (χ0) is 13.4. The van der Waals surface area contributed by atoms with Gasteiger partial charge in [0.2, 0.25) is 0 Å². The van der Waals surface area contributed by atoms with Crippen LogP contribution < -0.4 is 11.1 Å². The second-order valence-electron chi connectivity index (χ2n) is 3.68. The van der Waals surface area contributed by atoms with Crippen LogP contribution in [0.3, 0.4) is 0 Å². The molecule has 0 radical (unpaired) electrons. The molecule has 0 aliphatic heterocycles. The molecule has 3 N–H and O–H groups in total. The number of hydrogen-bond acceptors (Lipinski definition) is 4. The number of nitrogens with two attached hydrogens (primary N) is 1. The van der Waals surface area contributed by atoms with Crippen molar-refractivity contribution in [2.24, 2.45) is 5.73 Å². The first-order chi connectivity index (χ1) is 8.69. The molecule has 0 atom stereocenters. The molecule has 0 saturated carbocycles. The smallest absolute Gasteiger partial charge is 0.312 e. The van der Waals surface area contributed by atoms with Crippen LogP contribution in [0.2, 0.25) is 0 Å². The normalized spacial score (nSPS) is 9.89. The molecule has 6 nitrogen and oxygen atoms in total. The Labute approximate surface area is 106 Å². The minimum Gasteiger partial charge on any atom is -0.347 e. The molecule has 1 aromatic heterocycles. The minimum absolute atomic E-state index is 0.297. The SMILES string of the molecule is CCN(Cc1ccccn1)C(=O)C(=O)NCCN. The molecule has 0 spiro atoms. The van der Waals surface area contributed by atoms with Crippen LogP contribution in [0, 0.1) is 0 Å². The molecule has 1 heterocycles. The number of likely N-dealkylation sites (N-methyl/N-ethyl adjacent to an activating group) is 1. The van der Waals surface area contributed by atoms with Gasteiger partial charge in [0.15, 0.2) is 0 Å². The van der Waals surface area contributed by atoms with E-state index in [4.69, 9.17) is 5.73 Å². The van der Waals surface area contributed by atoms with E-state index in [9.17, 15) is 9.59 Å². The Bertz CT molecular complexity index is 394. The van der Waals surface area contributed by atoms with Gasteiger partial charge in [0.05, 0.1) is 12.2 Å². The predicted octanol–water partition coefficient (Wildman–Crippen LogP) is -0.495.